The van der Waals surface area contributed by atoms with Gasteiger partial charge in [0.2, 0.25) is 0 Å². The second-order valence-electron chi connectivity index (χ2n) is 1.97. The van der Waals surface area contributed by atoms with Gasteiger partial charge in [0.05, 0.1) is 0 Å². The van der Waals surface area contributed by atoms with E-state index in [1.807, 2.05) is 25.9 Å². The lowest BCUT2D eigenvalue weighted by molar-refractivity contribution is 0.393. The summed E-state index contributed by atoms with van der Waals surface area (Å²) in [5.41, 5.74) is 1.25. The molecule has 0 radical (unpaired) electrons. The molecule has 0 saturated heterocycles. The van der Waals surface area contributed by atoms with Crippen molar-refractivity contribution in [2.24, 2.45) is 5.10 Å². The maximum absolute atomic E-state index is 6.97. The third-order valence-corrected chi connectivity index (χ3v) is 1.14. The van der Waals surface area contributed by atoms with Crippen molar-refractivity contribution in [3.8, 4) is 0 Å². The van der Waals surface area contributed by atoms with Crippen LogP contribution in [0.25, 0.3) is 0 Å². The molecule has 0 aromatic heterocycles. The average molecular weight is 272 g/mol. The standard InChI is InChI=1S/C5H10N2.C2H6.HIO/c1-5-3-4-7(2)6-5;2*1-2/h3-4H2,1-2H3;1-2H3;2H. The van der Waals surface area contributed by atoms with Crippen LogP contribution >= 0.6 is 23.0 Å². The first-order valence-corrected chi connectivity index (χ1v) is 4.67. The molecule has 1 aliphatic heterocycles. The molecule has 1 aliphatic rings. The van der Waals surface area contributed by atoms with Crippen molar-refractivity contribution in [3.63, 3.8) is 0 Å². The Morgan fingerprint density at radius 1 is 1.45 bits per heavy atom. The fourth-order valence-corrected chi connectivity index (χ4v) is 0.715. The molecule has 0 atom stereocenters. The van der Waals surface area contributed by atoms with E-state index >= 15 is 0 Å². The highest BCUT2D eigenvalue weighted by Gasteiger charge is 2.03. The molecule has 0 aliphatic carbocycles. The predicted molar refractivity (Wildman–Crippen MR) is 57.9 cm³/mol. The van der Waals surface area contributed by atoms with Crippen LogP contribution in [-0.2, 0) is 0 Å². The van der Waals surface area contributed by atoms with Crippen LogP contribution in [0.5, 0.6) is 0 Å². The van der Waals surface area contributed by atoms with Crippen molar-refractivity contribution in [2.45, 2.75) is 27.2 Å². The molecule has 4 heteroatoms. The largest absolute Gasteiger partial charge is 0.331 e. The number of hydrogen-bond donors (Lipinski definition) is 1. The van der Waals surface area contributed by atoms with Gasteiger partial charge in [-0.15, -0.1) is 0 Å². The molecule has 0 saturated carbocycles. The van der Waals surface area contributed by atoms with Crippen LogP contribution in [0, 0.1) is 0 Å². The summed E-state index contributed by atoms with van der Waals surface area (Å²) < 4.78 is 6.97. The van der Waals surface area contributed by atoms with Gasteiger partial charge < -0.3 is 3.44 Å². The molecule has 68 valence electrons. The third kappa shape index (κ3) is 8.06. The maximum atomic E-state index is 6.97. The van der Waals surface area contributed by atoms with Crippen LogP contribution in [0.15, 0.2) is 5.10 Å². The Kier molecular flexibility index (Phi) is 12.7. The SMILES string of the molecule is CC.CC1=NN(C)CC1.OI. The molecule has 0 bridgehead atoms. The van der Waals surface area contributed by atoms with Gasteiger partial charge in [-0.3, -0.25) is 5.01 Å². The highest BCUT2D eigenvalue weighted by molar-refractivity contribution is 14.1. The summed E-state index contributed by atoms with van der Waals surface area (Å²) in [5.74, 6) is 0. The lowest BCUT2D eigenvalue weighted by atomic mass is 10.3. The maximum Gasteiger partial charge on any atom is 0.106 e. The van der Waals surface area contributed by atoms with E-state index in [4.69, 9.17) is 3.44 Å². The molecule has 0 spiro atoms. The molecule has 1 N–H and O–H groups in total. The Bertz CT molecular complexity index is 107. The van der Waals surface area contributed by atoms with Crippen LogP contribution in [-0.4, -0.2) is 27.7 Å². The topological polar surface area (TPSA) is 35.8 Å². The molecule has 1 rings (SSSR count). The molecule has 1 heterocycles. The van der Waals surface area contributed by atoms with E-state index in [0.717, 1.165) is 36.0 Å². The van der Waals surface area contributed by atoms with Crippen LogP contribution in [0.3, 0.4) is 0 Å². The first-order valence-electron chi connectivity index (χ1n) is 3.71. The minimum absolute atomic E-state index is 1.10. The van der Waals surface area contributed by atoms with Gasteiger partial charge in [-0.25, -0.2) is 0 Å². The summed E-state index contributed by atoms with van der Waals surface area (Å²) in [6, 6.07) is 0. The average Bonchev–Trinajstić information content (AvgIpc) is 2.43. The van der Waals surface area contributed by atoms with Gasteiger partial charge in [-0.1, -0.05) is 13.8 Å². The number of hydrazone groups is 1. The van der Waals surface area contributed by atoms with E-state index in [9.17, 15) is 0 Å². The van der Waals surface area contributed by atoms with E-state index in [-0.39, 0.29) is 0 Å². The number of rotatable bonds is 0. The van der Waals surface area contributed by atoms with Crippen molar-refractivity contribution in [1.82, 2.24) is 5.01 Å². The van der Waals surface area contributed by atoms with Crippen LogP contribution in [0.1, 0.15) is 27.2 Å². The summed E-state index contributed by atoms with van der Waals surface area (Å²) >= 11 is 1.15. The second kappa shape index (κ2) is 10.2. The highest BCUT2D eigenvalue weighted by atomic mass is 127. The monoisotopic (exact) mass is 272 g/mol. The van der Waals surface area contributed by atoms with Gasteiger partial charge in [0.15, 0.2) is 0 Å². The number of hydrogen-bond acceptors (Lipinski definition) is 3. The van der Waals surface area contributed by atoms with Crippen LogP contribution in [0.2, 0.25) is 0 Å². The molecule has 0 aromatic rings. The van der Waals surface area contributed by atoms with Crippen LogP contribution in [0.4, 0.5) is 0 Å². The van der Waals surface area contributed by atoms with E-state index in [1.165, 1.54) is 5.71 Å². The Hall–Kier alpha value is 0.160. The third-order valence-electron chi connectivity index (χ3n) is 1.14. The smallest absolute Gasteiger partial charge is 0.106 e. The molecule has 0 unspecified atom stereocenters. The lowest BCUT2D eigenvalue weighted by Gasteiger charge is -2.00. The normalized spacial score (nSPS) is 14.0. The van der Waals surface area contributed by atoms with Crippen LogP contribution < -0.4 is 0 Å². The van der Waals surface area contributed by atoms with Crippen molar-refractivity contribution >= 4 is 28.7 Å². The van der Waals surface area contributed by atoms with E-state index in [1.54, 1.807) is 0 Å². The summed E-state index contributed by atoms with van der Waals surface area (Å²) in [6.07, 6.45) is 1.15. The van der Waals surface area contributed by atoms with E-state index < -0.39 is 0 Å². The molecular formula is C7H17IN2O. The minimum Gasteiger partial charge on any atom is -0.331 e. The summed E-state index contributed by atoms with van der Waals surface area (Å²) in [4.78, 5) is 0. The zero-order chi connectivity index (χ0) is 9.28. The molecule has 3 nitrogen and oxygen atoms in total. The Morgan fingerprint density at radius 2 is 1.91 bits per heavy atom. The van der Waals surface area contributed by atoms with Crippen molar-refractivity contribution in [1.29, 1.82) is 0 Å². The van der Waals surface area contributed by atoms with Crippen molar-refractivity contribution in [3.05, 3.63) is 0 Å². The Labute approximate surface area is 83.2 Å². The van der Waals surface area contributed by atoms with Gasteiger partial charge in [-0.05, 0) is 6.92 Å². The first-order chi connectivity index (χ1) is 5.29. The Balaban J connectivity index is 0. The number of nitrogens with zero attached hydrogens (tertiary/aromatic N) is 2. The zero-order valence-electron chi connectivity index (χ0n) is 7.63. The Morgan fingerprint density at radius 3 is 2.00 bits per heavy atom. The van der Waals surface area contributed by atoms with E-state index in [0.29, 0.717) is 0 Å². The molecule has 0 aromatic carbocycles. The van der Waals surface area contributed by atoms with Crippen molar-refractivity contribution < 1.29 is 3.44 Å². The second-order valence-corrected chi connectivity index (χ2v) is 1.97. The zero-order valence-corrected chi connectivity index (χ0v) is 9.79. The molecule has 11 heavy (non-hydrogen) atoms. The van der Waals surface area contributed by atoms with Gasteiger partial charge in [0, 0.05) is 25.7 Å². The number of halogens is 1. The fourth-order valence-electron chi connectivity index (χ4n) is 0.715. The van der Waals surface area contributed by atoms with Gasteiger partial charge in [0.1, 0.15) is 23.0 Å². The summed E-state index contributed by atoms with van der Waals surface area (Å²) in [6.45, 7) is 7.16. The van der Waals surface area contributed by atoms with Gasteiger partial charge >= 0.3 is 0 Å². The summed E-state index contributed by atoms with van der Waals surface area (Å²) in [5, 5.41) is 6.11. The van der Waals surface area contributed by atoms with Crippen molar-refractivity contribution in [2.75, 3.05) is 13.6 Å². The van der Waals surface area contributed by atoms with Gasteiger partial charge in [-0.2, -0.15) is 5.10 Å². The molecular weight excluding hydrogens is 255 g/mol. The minimum atomic E-state index is 1.10. The summed E-state index contributed by atoms with van der Waals surface area (Å²) in [7, 11) is 2.00. The first kappa shape index (κ1) is 13.7. The molecule has 0 fully saturated rings. The fraction of sp³-hybridized carbons (Fsp3) is 0.857. The quantitative estimate of drug-likeness (QED) is 0.685. The van der Waals surface area contributed by atoms with Gasteiger partial charge in [0.25, 0.3) is 0 Å². The predicted octanol–water partition coefficient (Wildman–Crippen LogP) is 2.05. The highest BCUT2D eigenvalue weighted by Crippen LogP contribution is 2.00. The molecule has 0 amide bonds. The lowest BCUT2D eigenvalue weighted by Crippen LogP contribution is -2.04. The van der Waals surface area contributed by atoms with E-state index in [2.05, 4.69) is 12.0 Å².